The van der Waals surface area contributed by atoms with Crippen molar-refractivity contribution in [2.75, 3.05) is 5.73 Å². The molecular weight excluding hydrogens is 296 g/mol. The number of carboxylic acid groups (broad SMARTS) is 1. The van der Waals surface area contributed by atoms with E-state index in [-0.39, 0.29) is 6.42 Å². The zero-order valence-corrected chi connectivity index (χ0v) is 12.3. The molecule has 2 aromatic rings. The number of aliphatic hydroxyl groups excluding tert-OH is 1. The minimum atomic E-state index is -1.42. The molecule has 0 aliphatic heterocycles. The number of aliphatic hydroxyl groups is 1. The third-order valence-electron chi connectivity index (χ3n) is 3.38. The summed E-state index contributed by atoms with van der Waals surface area (Å²) in [6, 6.07) is 13.6. The van der Waals surface area contributed by atoms with Gasteiger partial charge < -0.3 is 21.3 Å². The van der Waals surface area contributed by atoms with Crippen molar-refractivity contribution >= 4 is 17.6 Å². The lowest BCUT2D eigenvalue weighted by atomic mass is 10.0. The fourth-order valence-electron chi connectivity index (χ4n) is 2.16. The van der Waals surface area contributed by atoms with E-state index in [4.69, 9.17) is 5.73 Å². The average molecular weight is 314 g/mol. The van der Waals surface area contributed by atoms with Crippen LogP contribution >= 0.6 is 0 Å². The lowest BCUT2D eigenvalue weighted by Gasteiger charge is -2.20. The number of nitrogens with one attached hydrogen (secondary N) is 1. The van der Waals surface area contributed by atoms with Crippen LogP contribution in [-0.4, -0.2) is 28.1 Å². The van der Waals surface area contributed by atoms with E-state index >= 15 is 0 Å². The molecule has 2 aromatic carbocycles. The predicted octanol–water partition coefficient (Wildman–Crippen LogP) is 1.11. The van der Waals surface area contributed by atoms with Gasteiger partial charge in [0.05, 0.1) is 6.42 Å². The van der Waals surface area contributed by atoms with Crippen LogP contribution in [0.15, 0.2) is 54.6 Å². The second kappa shape index (κ2) is 7.42. The van der Waals surface area contributed by atoms with Crippen LogP contribution in [0.3, 0.4) is 0 Å². The van der Waals surface area contributed by atoms with Crippen LogP contribution in [0.1, 0.15) is 17.2 Å². The highest BCUT2D eigenvalue weighted by atomic mass is 16.4. The molecule has 0 unspecified atom stereocenters. The van der Waals surface area contributed by atoms with Crippen molar-refractivity contribution in [2.45, 2.75) is 18.6 Å². The lowest BCUT2D eigenvalue weighted by molar-refractivity contribution is -0.145. The largest absolute Gasteiger partial charge is 0.480 e. The van der Waals surface area contributed by atoms with E-state index in [1.807, 2.05) is 0 Å². The second-order valence-electron chi connectivity index (χ2n) is 5.16. The number of rotatable bonds is 6. The Bertz CT molecular complexity index is 671. The van der Waals surface area contributed by atoms with Crippen LogP contribution < -0.4 is 11.1 Å². The molecule has 0 fully saturated rings. The first-order valence-electron chi connectivity index (χ1n) is 7.07. The van der Waals surface area contributed by atoms with E-state index in [1.54, 1.807) is 54.6 Å². The molecule has 2 atom stereocenters. The normalized spacial score (nSPS) is 13.1. The SMILES string of the molecule is Nc1ccc(CC(=O)N[C@H](C(=O)O)[C@@H](O)c2ccccc2)cc1. The first-order chi connectivity index (χ1) is 11.0. The molecule has 0 spiro atoms. The molecule has 23 heavy (non-hydrogen) atoms. The Kier molecular flexibility index (Phi) is 5.32. The van der Waals surface area contributed by atoms with Gasteiger partial charge in [-0.15, -0.1) is 0 Å². The van der Waals surface area contributed by atoms with E-state index in [0.29, 0.717) is 16.8 Å². The monoisotopic (exact) mass is 314 g/mol. The molecular formula is C17H18N2O4. The highest BCUT2D eigenvalue weighted by Gasteiger charge is 2.29. The molecule has 2 rings (SSSR count). The molecule has 6 nitrogen and oxygen atoms in total. The van der Waals surface area contributed by atoms with E-state index in [1.165, 1.54) is 0 Å². The van der Waals surface area contributed by atoms with Crippen molar-refractivity contribution in [3.63, 3.8) is 0 Å². The Hall–Kier alpha value is -2.86. The van der Waals surface area contributed by atoms with Gasteiger partial charge >= 0.3 is 5.97 Å². The number of benzene rings is 2. The fourth-order valence-corrected chi connectivity index (χ4v) is 2.16. The van der Waals surface area contributed by atoms with Gasteiger partial charge in [-0.25, -0.2) is 4.79 Å². The molecule has 0 radical (unpaired) electrons. The number of nitrogens with two attached hydrogens (primary N) is 1. The summed E-state index contributed by atoms with van der Waals surface area (Å²) in [7, 11) is 0. The Morgan fingerprint density at radius 2 is 1.65 bits per heavy atom. The zero-order chi connectivity index (χ0) is 16.8. The van der Waals surface area contributed by atoms with Gasteiger partial charge in [-0.05, 0) is 23.3 Å². The summed E-state index contributed by atoms with van der Waals surface area (Å²) < 4.78 is 0. The zero-order valence-electron chi connectivity index (χ0n) is 12.3. The first-order valence-corrected chi connectivity index (χ1v) is 7.07. The van der Waals surface area contributed by atoms with Crippen molar-refractivity contribution in [1.29, 1.82) is 0 Å². The van der Waals surface area contributed by atoms with Gasteiger partial charge in [0.15, 0.2) is 6.04 Å². The van der Waals surface area contributed by atoms with Crippen molar-refractivity contribution in [1.82, 2.24) is 5.32 Å². The van der Waals surface area contributed by atoms with Gasteiger partial charge in [0.2, 0.25) is 5.91 Å². The Morgan fingerprint density at radius 3 is 2.22 bits per heavy atom. The molecule has 0 saturated heterocycles. The minimum Gasteiger partial charge on any atom is -0.480 e. The van der Waals surface area contributed by atoms with Gasteiger partial charge in [0.25, 0.3) is 0 Å². The summed E-state index contributed by atoms with van der Waals surface area (Å²) >= 11 is 0. The van der Waals surface area contributed by atoms with Crippen molar-refractivity contribution in [3.8, 4) is 0 Å². The predicted molar refractivity (Wildman–Crippen MR) is 85.5 cm³/mol. The van der Waals surface area contributed by atoms with Crippen molar-refractivity contribution < 1.29 is 19.8 Å². The van der Waals surface area contributed by atoms with Gasteiger partial charge in [-0.1, -0.05) is 42.5 Å². The maximum absolute atomic E-state index is 12.0. The second-order valence-corrected chi connectivity index (χ2v) is 5.16. The number of carbonyl (C=O) groups excluding carboxylic acids is 1. The van der Waals surface area contributed by atoms with Crippen LogP contribution in [0.5, 0.6) is 0 Å². The van der Waals surface area contributed by atoms with Gasteiger partial charge in [0.1, 0.15) is 6.10 Å². The highest BCUT2D eigenvalue weighted by molar-refractivity contribution is 5.85. The first kappa shape index (κ1) is 16.5. The summed E-state index contributed by atoms with van der Waals surface area (Å²) in [6.45, 7) is 0. The number of carbonyl (C=O) groups is 2. The summed E-state index contributed by atoms with van der Waals surface area (Å²) in [5.41, 5.74) is 7.28. The molecule has 0 bridgehead atoms. The van der Waals surface area contributed by atoms with E-state index in [2.05, 4.69) is 5.32 Å². The number of carboxylic acids is 1. The summed E-state index contributed by atoms with van der Waals surface area (Å²) in [6.07, 6.45) is -1.32. The van der Waals surface area contributed by atoms with Gasteiger partial charge in [-0.2, -0.15) is 0 Å². The number of nitrogen functional groups attached to an aromatic ring is 1. The quantitative estimate of drug-likeness (QED) is 0.597. The van der Waals surface area contributed by atoms with Gasteiger partial charge in [0, 0.05) is 5.69 Å². The molecule has 0 saturated carbocycles. The number of aliphatic carboxylic acids is 1. The number of hydrogen-bond acceptors (Lipinski definition) is 4. The van der Waals surface area contributed by atoms with E-state index < -0.39 is 24.0 Å². The average Bonchev–Trinajstić information content (AvgIpc) is 2.55. The standard InChI is InChI=1S/C17H18N2O4/c18-13-8-6-11(7-9-13)10-14(20)19-15(17(22)23)16(21)12-4-2-1-3-5-12/h1-9,15-16,21H,10,18H2,(H,19,20)(H,22,23)/t15-,16-/m0/s1. The summed E-state index contributed by atoms with van der Waals surface area (Å²) in [5.74, 6) is -1.79. The van der Waals surface area contributed by atoms with Crippen molar-refractivity contribution in [3.05, 3.63) is 65.7 Å². The molecule has 1 amide bonds. The topological polar surface area (TPSA) is 113 Å². The summed E-state index contributed by atoms with van der Waals surface area (Å²) in [4.78, 5) is 23.4. The summed E-state index contributed by atoms with van der Waals surface area (Å²) in [5, 5.41) is 21.8. The van der Waals surface area contributed by atoms with Gasteiger partial charge in [-0.3, -0.25) is 4.79 Å². The molecule has 5 N–H and O–H groups in total. The van der Waals surface area contributed by atoms with Crippen LogP contribution in [0.2, 0.25) is 0 Å². The minimum absolute atomic E-state index is 0.00553. The fraction of sp³-hybridized carbons (Fsp3) is 0.176. The van der Waals surface area contributed by atoms with Crippen molar-refractivity contribution in [2.24, 2.45) is 0 Å². The van der Waals surface area contributed by atoms with E-state index in [0.717, 1.165) is 0 Å². The Balaban J connectivity index is 2.05. The number of amides is 1. The smallest absolute Gasteiger partial charge is 0.329 e. The van der Waals surface area contributed by atoms with E-state index in [9.17, 15) is 19.8 Å². The molecule has 0 aliphatic carbocycles. The third kappa shape index (κ3) is 4.55. The van der Waals surface area contributed by atoms with Crippen LogP contribution in [0, 0.1) is 0 Å². The highest BCUT2D eigenvalue weighted by Crippen LogP contribution is 2.17. The Morgan fingerprint density at radius 1 is 1.04 bits per heavy atom. The van der Waals surface area contributed by atoms with Crippen LogP contribution in [0.4, 0.5) is 5.69 Å². The lowest BCUT2D eigenvalue weighted by Crippen LogP contribution is -2.45. The Labute approximate surface area is 133 Å². The number of hydrogen-bond donors (Lipinski definition) is 4. The van der Waals surface area contributed by atoms with Crippen LogP contribution in [0.25, 0.3) is 0 Å². The molecule has 0 aliphatic rings. The maximum Gasteiger partial charge on any atom is 0.329 e. The molecule has 120 valence electrons. The molecule has 0 heterocycles. The third-order valence-corrected chi connectivity index (χ3v) is 3.38. The maximum atomic E-state index is 12.0. The molecule has 0 aromatic heterocycles. The van der Waals surface area contributed by atoms with Crippen LogP contribution in [-0.2, 0) is 16.0 Å². The number of anilines is 1. The molecule has 6 heteroatoms.